The molecule has 0 saturated carbocycles. The molecule has 8 nitrogen and oxygen atoms in total. The van der Waals surface area contributed by atoms with Gasteiger partial charge in [0.1, 0.15) is 22.1 Å². The predicted octanol–water partition coefficient (Wildman–Crippen LogP) is 5.91. The fourth-order valence-electron chi connectivity index (χ4n) is 3.64. The molecule has 4 rings (SSSR count). The van der Waals surface area contributed by atoms with Crippen molar-refractivity contribution in [1.82, 2.24) is 0 Å². The molecule has 0 fully saturated rings. The number of nitrogens with zero attached hydrogens (tertiary/aromatic N) is 1. The standard InChI is InChI=1S/C28H25ClN2O6S/c1-4-15-37-28(34)17-5-9-19(10-6-17)31-26(32)24(30-22-16-20(35-2)11-14-23(22)36-3)25(27(31)33)38-21-12-7-18(29)8-13-21/h5-14,16,30H,4,15H2,1-3H3. The summed E-state index contributed by atoms with van der Waals surface area (Å²) in [6.45, 7) is 2.21. The van der Waals surface area contributed by atoms with Crippen molar-refractivity contribution < 1.29 is 28.6 Å². The van der Waals surface area contributed by atoms with Gasteiger partial charge in [-0.1, -0.05) is 30.3 Å². The van der Waals surface area contributed by atoms with Crippen molar-refractivity contribution in [2.24, 2.45) is 0 Å². The highest BCUT2D eigenvalue weighted by Crippen LogP contribution is 2.40. The first-order valence-corrected chi connectivity index (χ1v) is 12.9. The molecular weight excluding hydrogens is 528 g/mol. The molecule has 0 aliphatic carbocycles. The number of nitrogens with one attached hydrogen (secondary N) is 1. The molecule has 0 saturated heterocycles. The first-order valence-electron chi connectivity index (χ1n) is 11.7. The second kappa shape index (κ2) is 12.1. The zero-order valence-electron chi connectivity index (χ0n) is 20.9. The van der Waals surface area contributed by atoms with E-state index in [2.05, 4.69) is 5.32 Å². The van der Waals surface area contributed by atoms with Gasteiger partial charge in [0.05, 0.1) is 37.8 Å². The number of carbonyl (C=O) groups is 3. The number of rotatable bonds is 10. The van der Waals surface area contributed by atoms with Crippen molar-refractivity contribution in [3.05, 3.63) is 87.9 Å². The van der Waals surface area contributed by atoms with E-state index in [1.165, 1.54) is 38.5 Å². The van der Waals surface area contributed by atoms with Gasteiger partial charge in [0.15, 0.2) is 0 Å². The Hall–Kier alpha value is -3.95. The number of anilines is 2. The lowest BCUT2D eigenvalue weighted by Crippen LogP contribution is -2.32. The average Bonchev–Trinajstić information content (AvgIpc) is 3.16. The third kappa shape index (κ3) is 5.79. The molecule has 196 valence electrons. The van der Waals surface area contributed by atoms with Crippen LogP contribution in [-0.2, 0) is 14.3 Å². The highest BCUT2D eigenvalue weighted by atomic mass is 35.5. The number of amides is 2. The van der Waals surface area contributed by atoms with Crippen molar-refractivity contribution in [1.29, 1.82) is 0 Å². The largest absolute Gasteiger partial charge is 0.497 e. The third-order valence-electron chi connectivity index (χ3n) is 5.54. The lowest BCUT2D eigenvalue weighted by Gasteiger charge is -2.16. The summed E-state index contributed by atoms with van der Waals surface area (Å²) in [5.41, 5.74) is 1.17. The topological polar surface area (TPSA) is 94.2 Å². The molecule has 3 aromatic rings. The van der Waals surface area contributed by atoms with Crippen LogP contribution >= 0.6 is 23.4 Å². The second-order valence-corrected chi connectivity index (χ2v) is 9.60. The molecule has 0 atom stereocenters. The third-order valence-corrected chi connectivity index (χ3v) is 6.88. The van der Waals surface area contributed by atoms with Gasteiger partial charge in [-0.2, -0.15) is 0 Å². The van der Waals surface area contributed by atoms with E-state index in [0.29, 0.717) is 46.5 Å². The maximum Gasteiger partial charge on any atom is 0.338 e. The van der Waals surface area contributed by atoms with Gasteiger partial charge >= 0.3 is 5.97 Å². The molecule has 3 aromatic carbocycles. The molecule has 1 N–H and O–H groups in total. The molecule has 0 bridgehead atoms. The predicted molar refractivity (Wildman–Crippen MR) is 147 cm³/mol. The van der Waals surface area contributed by atoms with Gasteiger partial charge < -0.3 is 19.5 Å². The summed E-state index contributed by atoms with van der Waals surface area (Å²) >= 11 is 7.16. The Morgan fingerprint density at radius 2 is 1.66 bits per heavy atom. The fraction of sp³-hybridized carbons (Fsp3) is 0.179. The zero-order valence-corrected chi connectivity index (χ0v) is 22.5. The van der Waals surface area contributed by atoms with E-state index in [-0.39, 0.29) is 10.6 Å². The lowest BCUT2D eigenvalue weighted by molar-refractivity contribution is -0.120. The normalized spacial score (nSPS) is 13.1. The van der Waals surface area contributed by atoms with Gasteiger partial charge in [0.2, 0.25) is 0 Å². The maximum atomic E-state index is 13.7. The van der Waals surface area contributed by atoms with Crippen molar-refractivity contribution in [2.45, 2.75) is 18.2 Å². The van der Waals surface area contributed by atoms with Gasteiger partial charge in [-0.05, 0) is 67.1 Å². The number of esters is 1. The van der Waals surface area contributed by atoms with Gasteiger partial charge in [-0.25, -0.2) is 9.69 Å². The van der Waals surface area contributed by atoms with E-state index in [0.717, 1.165) is 21.6 Å². The number of imide groups is 1. The van der Waals surface area contributed by atoms with Crippen LogP contribution in [0.25, 0.3) is 0 Å². The van der Waals surface area contributed by atoms with Gasteiger partial charge in [0, 0.05) is 16.0 Å². The molecule has 10 heteroatoms. The van der Waals surface area contributed by atoms with Crippen LogP contribution in [0.1, 0.15) is 23.7 Å². The highest BCUT2D eigenvalue weighted by Gasteiger charge is 2.40. The lowest BCUT2D eigenvalue weighted by atomic mass is 10.2. The van der Waals surface area contributed by atoms with Crippen LogP contribution in [-0.4, -0.2) is 38.6 Å². The maximum absolute atomic E-state index is 13.7. The molecule has 0 unspecified atom stereocenters. The Bertz CT molecular complexity index is 1390. The first-order chi connectivity index (χ1) is 18.4. The van der Waals surface area contributed by atoms with Crippen molar-refractivity contribution in [3.8, 4) is 11.5 Å². The summed E-state index contributed by atoms with van der Waals surface area (Å²) in [5, 5.41) is 3.64. The number of halogens is 1. The smallest absolute Gasteiger partial charge is 0.338 e. The Labute approximate surface area is 229 Å². The number of hydrogen-bond acceptors (Lipinski definition) is 8. The molecule has 1 aliphatic rings. The fourth-order valence-corrected chi connectivity index (χ4v) is 4.69. The van der Waals surface area contributed by atoms with E-state index < -0.39 is 17.8 Å². The van der Waals surface area contributed by atoms with E-state index in [1.807, 2.05) is 6.92 Å². The van der Waals surface area contributed by atoms with E-state index in [1.54, 1.807) is 42.5 Å². The van der Waals surface area contributed by atoms with E-state index in [9.17, 15) is 14.4 Å². The van der Waals surface area contributed by atoms with E-state index in [4.69, 9.17) is 25.8 Å². The number of carbonyl (C=O) groups excluding carboxylic acids is 3. The van der Waals surface area contributed by atoms with Crippen LogP contribution in [0.15, 0.2) is 82.2 Å². The summed E-state index contributed by atoms with van der Waals surface area (Å²) < 4.78 is 15.9. The minimum absolute atomic E-state index is 0.0768. The second-order valence-electron chi connectivity index (χ2n) is 8.08. The number of hydrogen-bond donors (Lipinski definition) is 1. The highest BCUT2D eigenvalue weighted by molar-refractivity contribution is 8.04. The summed E-state index contributed by atoms with van der Waals surface area (Å²) in [5.74, 6) is -0.539. The average molecular weight is 553 g/mol. The van der Waals surface area contributed by atoms with Crippen molar-refractivity contribution in [2.75, 3.05) is 31.0 Å². The minimum atomic E-state index is -0.558. The molecule has 0 aromatic heterocycles. The Balaban J connectivity index is 1.71. The number of benzene rings is 3. The summed E-state index contributed by atoms with van der Waals surface area (Å²) in [4.78, 5) is 41.5. The van der Waals surface area contributed by atoms with Gasteiger partial charge in [-0.15, -0.1) is 0 Å². The molecule has 1 heterocycles. The molecule has 0 radical (unpaired) electrons. The molecule has 0 spiro atoms. The Kier molecular flexibility index (Phi) is 8.60. The monoisotopic (exact) mass is 552 g/mol. The summed E-state index contributed by atoms with van der Waals surface area (Å²) in [7, 11) is 3.03. The van der Waals surface area contributed by atoms with Crippen molar-refractivity contribution in [3.63, 3.8) is 0 Å². The zero-order chi connectivity index (χ0) is 27.2. The SMILES string of the molecule is CCCOC(=O)c1ccc(N2C(=O)C(Nc3cc(OC)ccc3OC)=C(Sc3ccc(Cl)cc3)C2=O)cc1. The summed E-state index contributed by atoms with van der Waals surface area (Å²) in [6, 6.07) is 18.2. The van der Waals surface area contributed by atoms with Crippen LogP contribution in [0, 0.1) is 0 Å². The minimum Gasteiger partial charge on any atom is -0.497 e. The molecular formula is C28H25ClN2O6S. The van der Waals surface area contributed by atoms with Crippen LogP contribution in [0.4, 0.5) is 11.4 Å². The number of methoxy groups -OCH3 is 2. The number of ether oxygens (including phenoxy) is 3. The van der Waals surface area contributed by atoms with Crippen LogP contribution < -0.4 is 19.7 Å². The van der Waals surface area contributed by atoms with Crippen LogP contribution in [0.3, 0.4) is 0 Å². The van der Waals surface area contributed by atoms with Crippen LogP contribution in [0.5, 0.6) is 11.5 Å². The molecule has 38 heavy (non-hydrogen) atoms. The van der Waals surface area contributed by atoms with Crippen molar-refractivity contribution >= 4 is 52.5 Å². The first kappa shape index (κ1) is 27.1. The molecule has 2 amide bonds. The Morgan fingerprint density at radius 1 is 0.947 bits per heavy atom. The van der Waals surface area contributed by atoms with E-state index >= 15 is 0 Å². The van der Waals surface area contributed by atoms with Gasteiger partial charge in [0.25, 0.3) is 11.8 Å². The quantitative estimate of drug-likeness (QED) is 0.245. The number of thioether (sulfide) groups is 1. The Morgan fingerprint density at radius 3 is 2.29 bits per heavy atom. The summed E-state index contributed by atoms with van der Waals surface area (Å²) in [6.07, 6.45) is 0.703. The van der Waals surface area contributed by atoms with Crippen LogP contribution in [0.2, 0.25) is 5.02 Å². The van der Waals surface area contributed by atoms with Gasteiger partial charge in [-0.3, -0.25) is 9.59 Å². The molecule has 1 aliphatic heterocycles.